The Bertz CT molecular complexity index is 350. The number of nitrogens with zero attached hydrogens (tertiary/aromatic N) is 1. The summed E-state index contributed by atoms with van der Waals surface area (Å²) in [6, 6.07) is 8.45. The van der Waals surface area contributed by atoms with Gasteiger partial charge in [0, 0.05) is 18.0 Å². The van der Waals surface area contributed by atoms with E-state index in [1.54, 1.807) is 0 Å². The van der Waals surface area contributed by atoms with Crippen molar-refractivity contribution in [2.24, 2.45) is 0 Å². The molecule has 3 rings (SSSR count). The van der Waals surface area contributed by atoms with Crippen LogP contribution in [-0.2, 0) is 0 Å². The zero-order valence-corrected chi connectivity index (χ0v) is 8.44. The molecule has 14 heavy (non-hydrogen) atoms. The largest absolute Gasteiger partial charge is 0.474 e. The van der Waals surface area contributed by atoms with Gasteiger partial charge in [-0.3, -0.25) is 4.90 Å². The first-order valence-corrected chi connectivity index (χ1v) is 5.32. The maximum absolute atomic E-state index is 5.95. The minimum Gasteiger partial charge on any atom is -0.474 e. The summed E-state index contributed by atoms with van der Waals surface area (Å²) in [5, 5.41) is 0. The standard InChI is InChI=1S/C12H15NO/c1-13-8-4-6-10-9-5-2-3-7-11(9)14-12(10)13/h2-3,5,7,10,12H,4,6,8H2,1H3. The van der Waals surface area contributed by atoms with Crippen LogP contribution in [0.5, 0.6) is 5.75 Å². The predicted octanol–water partition coefficient (Wildman–Crippen LogP) is 2.21. The number of hydrogen-bond acceptors (Lipinski definition) is 2. The number of ether oxygens (including phenoxy) is 1. The van der Waals surface area contributed by atoms with Crippen LogP contribution in [0.25, 0.3) is 0 Å². The first-order chi connectivity index (χ1) is 6.86. The Balaban J connectivity index is 2.00. The van der Waals surface area contributed by atoms with Gasteiger partial charge >= 0.3 is 0 Å². The molecule has 0 amide bonds. The van der Waals surface area contributed by atoms with Gasteiger partial charge in [-0.05, 0) is 26.0 Å². The first-order valence-electron chi connectivity index (χ1n) is 5.32. The average Bonchev–Trinajstić information content (AvgIpc) is 2.59. The molecule has 2 heterocycles. The molecule has 0 bridgehead atoms. The van der Waals surface area contributed by atoms with Crippen LogP contribution >= 0.6 is 0 Å². The summed E-state index contributed by atoms with van der Waals surface area (Å²) in [5.41, 5.74) is 1.41. The van der Waals surface area contributed by atoms with Gasteiger partial charge < -0.3 is 4.74 Å². The van der Waals surface area contributed by atoms with Crippen molar-refractivity contribution in [1.82, 2.24) is 4.90 Å². The Morgan fingerprint density at radius 1 is 1.36 bits per heavy atom. The fourth-order valence-corrected chi connectivity index (χ4v) is 2.64. The summed E-state index contributed by atoms with van der Waals surface area (Å²) in [6.07, 6.45) is 2.85. The lowest BCUT2D eigenvalue weighted by Crippen LogP contribution is -2.42. The zero-order valence-electron chi connectivity index (χ0n) is 8.44. The van der Waals surface area contributed by atoms with Gasteiger partial charge in [0.15, 0.2) is 6.23 Å². The average molecular weight is 189 g/mol. The van der Waals surface area contributed by atoms with Gasteiger partial charge in [0.25, 0.3) is 0 Å². The smallest absolute Gasteiger partial charge is 0.159 e. The fourth-order valence-electron chi connectivity index (χ4n) is 2.64. The summed E-state index contributed by atoms with van der Waals surface area (Å²) in [7, 11) is 2.16. The van der Waals surface area contributed by atoms with Gasteiger partial charge in [0.05, 0.1) is 0 Å². The van der Waals surface area contributed by atoms with Gasteiger partial charge in [-0.1, -0.05) is 18.2 Å². The fraction of sp³-hybridized carbons (Fsp3) is 0.500. The van der Waals surface area contributed by atoms with Crippen LogP contribution in [0.2, 0.25) is 0 Å². The van der Waals surface area contributed by atoms with Crippen molar-refractivity contribution in [2.45, 2.75) is 25.0 Å². The third-order valence-electron chi connectivity index (χ3n) is 3.37. The molecule has 1 saturated heterocycles. The van der Waals surface area contributed by atoms with E-state index in [0.717, 1.165) is 12.3 Å². The van der Waals surface area contributed by atoms with E-state index in [2.05, 4.69) is 36.2 Å². The van der Waals surface area contributed by atoms with Gasteiger partial charge in [0.2, 0.25) is 0 Å². The molecule has 2 atom stereocenters. The molecular formula is C12H15NO. The molecule has 0 N–H and O–H groups in total. The molecule has 0 aromatic heterocycles. The molecule has 74 valence electrons. The molecule has 2 aliphatic rings. The van der Waals surface area contributed by atoms with Gasteiger partial charge in [-0.25, -0.2) is 0 Å². The number of fused-ring (bicyclic) bond motifs is 3. The SMILES string of the molecule is CN1CCCC2c3ccccc3OC21. The van der Waals surface area contributed by atoms with E-state index in [1.165, 1.54) is 18.4 Å². The highest BCUT2D eigenvalue weighted by atomic mass is 16.5. The number of para-hydroxylation sites is 1. The minimum absolute atomic E-state index is 0.293. The number of likely N-dealkylation sites (N-methyl/N-ethyl adjacent to an activating group) is 1. The Morgan fingerprint density at radius 3 is 3.14 bits per heavy atom. The monoisotopic (exact) mass is 189 g/mol. The summed E-state index contributed by atoms with van der Waals surface area (Å²) in [5.74, 6) is 1.70. The quantitative estimate of drug-likeness (QED) is 0.620. The van der Waals surface area contributed by atoms with Crippen LogP contribution in [0.15, 0.2) is 24.3 Å². The molecule has 1 aromatic rings. The van der Waals surface area contributed by atoms with Crippen LogP contribution in [-0.4, -0.2) is 24.7 Å². The maximum Gasteiger partial charge on any atom is 0.159 e. The molecule has 0 spiro atoms. The second-order valence-corrected chi connectivity index (χ2v) is 4.28. The highest BCUT2D eigenvalue weighted by Crippen LogP contribution is 2.43. The molecule has 2 nitrogen and oxygen atoms in total. The number of piperidine rings is 1. The maximum atomic E-state index is 5.95. The lowest BCUT2D eigenvalue weighted by molar-refractivity contribution is 0.0187. The van der Waals surface area contributed by atoms with Crippen molar-refractivity contribution in [1.29, 1.82) is 0 Å². The van der Waals surface area contributed by atoms with Crippen molar-refractivity contribution in [2.75, 3.05) is 13.6 Å². The Morgan fingerprint density at radius 2 is 2.21 bits per heavy atom. The molecule has 2 heteroatoms. The van der Waals surface area contributed by atoms with E-state index < -0.39 is 0 Å². The summed E-state index contributed by atoms with van der Waals surface area (Å²) in [6.45, 7) is 1.16. The molecule has 2 aliphatic heterocycles. The van der Waals surface area contributed by atoms with Crippen LogP contribution in [0.4, 0.5) is 0 Å². The molecule has 1 fully saturated rings. The highest BCUT2D eigenvalue weighted by molar-refractivity contribution is 5.41. The van der Waals surface area contributed by atoms with Gasteiger partial charge in [-0.2, -0.15) is 0 Å². The first kappa shape index (κ1) is 8.30. The summed E-state index contributed by atoms with van der Waals surface area (Å²) >= 11 is 0. The van der Waals surface area contributed by atoms with Crippen molar-refractivity contribution in [3.63, 3.8) is 0 Å². The van der Waals surface area contributed by atoms with Crippen LogP contribution in [0.3, 0.4) is 0 Å². The van der Waals surface area contributed by atoms with Crippen molar-refractivity contribution in [3.8, 4) is 5.75 Å². The Labute approximate surface area is 84.5 Å². The third-order valence-corrected chi connectivity index (χ3v) is 3.37. The molecule has 0 radical (unpaired) electrons. The van der Waals surface area contributed by atoms with Crippen LogP contribution in [0, 0.1) is 0 Å². The van der Waals surface area contributed by atoms with Crippen LogP contribution in [0.1, 0.15) is 24.3 Å². The van der Waals surface area contributed by atoms with Crippen LogP contribution < -0.4 is 4.74 Å². The molecule has 0 aliphatic carbocycles. The zero-order chi connectivity index (χ0) is 9.54. The molecule has 1 aromatic carbocycles. The normalized spacial score (nSPS) is 30.6. The Kier molecular flexibility index (Phi) is 1.77. The lowest BCUT2D eigenvalue weighted by atomic mass is 9.91. The van der Waals surface area contributed by atoms with E-state index in [1.807, 2.05) is 0 Å². The van der Waals surface area contributed by atoms with E-state index in [-0.39, 0.29) is 0 Å². The third kappa shape index (κ3) is 1.07. The molecule has 2 unspecified atom stereocenters. The second kappa shape index (κ2) is 2.99. The van der Waals surface area contributed by atoms with Crippen molar-refractivity contribution >= 4 is 0 Å². The van der Waals surface area contributed by atoms with Crippen molar-refractivity contribution in [3.05, 3.63) is 29.8 Å². The summed E-state index contributed by atoms with van der Waals surface area (Å²) < 4.78 is 5.95. The molecular weight excluding hydrogens is 174 g/mol. The second-order valence-electron chi connectivity index (χ2n) is 4.28. The number of likely N-dealkylation sites (tertiary alicyclic amines) is 1. The number of rotatable bonds is 0. The predicted molar refractivity (Wildman–Crippen MR) is 55.5 cm³/mol. The summed E-state index contributed by atoms with van der Waals surface area (Å²) in [4.78, 5) is 2.33. The number of benzene rings is 1. The van der Waals surface area contributed by atoms with E-state index in [9.17, 15) is 0 Å². The molecule has 0 saturated carbocycles. The van der Waals surface area contributed by atoms with Gasteiger partial charge in [0.1, 0.15) is 5.75 Å². The highest BCUT2D eigenvalue weighted by Gasteiger charge is 2.38. The Hall–Kier alpha value is -1.02. The topological polar surface area (TPSA) is 12.5 Å². The number of hydrogen-bond donors (Lipinski definition) is 0. The van der Waals surface area contributed by atoms with Crippen molar-refractivity contribution < 1.29 is 4.74 Å². The minimum atomic E-state index is 0.293. The van der Waals surface area contributed by atoms with E-state index in [0.29, 0.717) is 12.1 Å². The van der Waals surface area contributed by atoms with E-state index in [4.69, 9.17) is 4.74 Å². The van der Waals surface area contributed by atoms with Gasteiger partial charge in [-0.15, -0.1) is 0 Å². The van der Waals surface area contributed by atoms with E-state index >= 15 is 0 Å². The lowest BCUT2D eigenvalue weighted by Gasteiger charge is -2.33.